The fourth-order valence-electron chi connectivity index (χ4n) is 4.07. The molecule has 33 heavy (non-hydrogen) atoms. The lowest BCUT2D eigenvalue weighted by Gasteiger charge is -2.20. The molecule has 2 atom stereocenters. The molecule has 0 aliphatic rings. The smallest absolute Gasteiger partial charge is 0.331 e. The molecule has 5 nitrogen and oxygen atoms in total. The van der Waals surface area contributed by atoms with E-state index in [2.05, 4.69) is 19.2 Å². The zero-order chi connectivity index (χ0) is 24.6. The van der Waals surface area contributed by atoms with Gasteiger partial charge in [-0.2, -0.15) is 0 Å². The van der Waals surface area contributed by atoms with E-state index < -0.39 is 18.1 Å². The van der Waals surface area contributed by atoms with Crippen molar-refractivity contribution in [2.75, 3.05) is 6.61 Å². The number of esters is 1. The number of rotatable bonds is 24. The minimum absolute atomic E-state index is 0.181. The molecule has 0 aliphatic heterocycles. The average Bonchev–Trinajstić information content (AvgIpc) is 2.79. The summed E-state index contributed by atoms with van der Waals surface area (Å²) in [5.41, 5.74) is 0. The second-order valence-electron chi connectivity index (χ2n) is 9.71. The molecule has 0 heterocycles. The molecule has 0 aromatic rings. The minimum atomic E-state index is -0.973. The zero-order valence-corrected chi connectivity index (χ0v) is 22.2. The lowest BCUT2D eigenvalue weighted by atomic mass is 10.1. The van der Waals surface area contributed by atoms with Gasteiger partial charge in [0.2, 0.25) is 5.91 Å². The van der Waals surface area contributed by atoms with Crippen LogP contribution in [-0.2, 0) is 14.3 Å². The van der Waals surface area contributed by atoms with E-state index >= 15 is 0 Å². The molecule has 196 valence electrons. The van der Waals surface area contributed by atoms with Crippen molar-refractivity contribution in [3.8, 4) is 0 Å². The van der Waals surface area contributed by atoms with Crippen molar-refractivity contribution in [2.45, 2.75) is 161 Å². The quantitative estimate of drug-likeness (QED) is 0.115. The zero-order valence-electron chi connectivity index (χ0n) is 22.2. The second kappa shape index (κ2) is 24.0. The topological polar surface area (TPSA) is 75.6 Å². The van der Waals surface area contributed by atoms with Crippen LogP contribution >= 0.6 is 0 Å². The van der Waals surface area contributed by atoms with Crippen LogP contribution in [0.15, 0.2) is 0 Å². The Balaban J connectivity index is 3.78. The van der Waals surface area contributed by atoms with E-state index in [1.165, 1.54) is 96.8 Å². The summed E-state index contributed by atoms with van der Waals surface area (Å²) in [4.78, 5) is 24.5. The minimum Gasteiger partial charge on any atom is -0.464 e. The first-order valence-electron chi connectivity index (χ1n) is 14.2. The fourth-order valence-corrected chi connectivity index (χ4v) is 4.07. The van der Waals surface area contributed by atoms with Gasteiger partial charge >= 0.3 is 5.97 Å². The van der Waals surface area contributed by atoms with Crippen LogP contribution in [0.25, 0.3) is 0 Å². The van der Waals surface area contributed by atoms with Crippen molar-refractivity contribution in [3.63, 3.8) is 0 Å². The number of carbonyl (C=O) groups is 2. The molecule has 0 fully saturated rings. The summed E-state index contributed by atoms with van der Waals surface area (Å²) in [5.74, 6) is -0.707. The highest BCUT2D eigenvalue weighted by Gasteiger charge is 2.26. The number of amides is 1. The molecule has 0 saturated heterocycles. The van der Waals surface area contributed by atoms with Crippen LogP contribution in [-0.4, -0.2) is 35.7 Å². The van der Waals surface area contributed by atoms with Crippen LogP contribution < -0.4 is 5.32 Å². The van der Waals surface area contributed by atoms with Gasteiger partial charge in [0.05, 0.1) is 12.7 Å². The molecule has 1 amide bonds. The Hall–Kier alpha value is -1.10. The van der Waals surface area contributed by atoms with E-state index in [0.29, 0.717) is 13.0 Å². The molecule has 5 heteroatoms. The van der Waals surface area contributed by atoms with Gasteiger partial charge in [-0.15, -0.1) is 0 Å². The molecule has 0 rings (SSSR count). The highest BCUT2D eigenvalue weighted by Crippen LogP contribution is 2.12. The van der Waals surface area contributed by atoms with Crippen molar-refractivity contribution < 1.29 is 19.4 Å². The molecule has 0 aromatic heterocycles. The molecule has 0 aliphatic carbocycles. The first-order chi connectivity index (χ1) is 16.0. The van der Waals surface area contributed by atoms with Gasteiger partial charge in [0, 0.05) is 6.42 Å². The Morgan fingerprint density at radius 3 is 1.48 bits per heavy atom. The van der Waals surface area contributed by atoms with Crippen LogP contribution in [0.3, 0.4) is 0 Å². The van der Waals surface area contributed by atoms with E-state index in [1.807, 2.05) is 0 Å². The lowest BCUT2D eigenvalue weighted by Crippen LogP contribution is -2.48. The normalized spacial score (nSPS) is 13.0. The second-order valence-corrected chi connectivity index (χ2v) is 9.71. The number of hydrogen-bond acceptors (Lipinski definition) is 4. The standard InChI is InChI=1S/C28H55NO4/c1-4-6-8-10-12-14-16-18-20-22-24-33-28(32)27(25(3)30)29-26(31)23-21-19-17-15-13-11-9-7-5-2/h25,27,30H,4-24H2,1-3H3,(H,29,31)/t25?,27-/m0/s1. The molecule has 1 unspecified atom stereocenters. The van der Waals surface area contributed by atoms with Crippen LogP contribution in [0.1, 0.15) is 149 Å². The summed E-state index contributed by atoms with van der Waals surface area (Å²) < 4.78 is 5.32. The number of unbranched alkanes of at least 4 members (excludes halogenated alkanes) is 17. The summed E-state index contributed by atoms with van der Waals surface area (Å²) in [6.07, 6.45) is 22.4. The highest BCUT2D eigenvalue weighted by molar-refractivity contribution is 5.84. The highest BCUT2D eigenvalue weighted by atomic mass is 16.5. The maximum Gasteiger partial charge on any atom is 0.331 e. The molecular formula is C28H55NO4. The van der Waals surface area contributed by atoms with Crippen LogP contribution in [0.4, 0.5) is 0 Å². The Morgan fingerprint density at radius 1 is 0.667 bits per heavy atom. The van der Waals surface area contributed by atoms with E-state index in [1.54, 1.807) is 0 Å². The van der Waals surface area contributed by atoms with Gasteiger partial charge in [0.15, 0.2) is 6.04 Å². The van der Waals surface area contributed by atoms with E-state index in [9.17, 15) is 14.7 Å². The Labute approximate surface area is 204 Å². The third kappa shape index (κ3) is 21.2. The predicted octanol–water partition coefficient (Wildman–Crippen LogP) is 7.24. The lowest BCUT2D eigenvalue weighted by molar-refractivity contribution is -0.151. The maximum atomic E-state index is 12.3. The first-order valence-corrected chi connectivity index (χ1v) is 14.2. The van der Waals surface area contributed by atoms with Gasteiger partial charge in [0.25, 0.3) is 0 Å². The van der Waals surface area contributed by atoms with E-state index in [-0.39, 0.29) is 5.91 Å². The van der Waals surface area contributed by atoms with Crippen LogP contribution in [0, 0.1) is 0 Å². The largest absolute Gasteiger partial charge is 0.464 e. The van der Waals surface area contributed by atoms with Gasteiger partial charge in [-0.3, -0.25) is 4.79 Å². The van der Waals surface area contributed by atoms with Gasteiger partial charge in [-0.05, 0) is 19.8 Å². The SMILES string of the molecule is CCCCCCCCCCCCOC(=O)[C@@H](NC(=O)CCCCCCCCCCC)C(C)O. The van der Waals surface area contributed by atoms with Crippen molar-refractivity contribution in [3.05, 3.63) is 0 Å². The van der Waals surface area contributed by atoms with Gasteiger partial charge < -0.3 is 15.2 Å². The summed E-state index contributed by atoms with van der Waals surface area (Å²) in [6.45, 7) is 6.34. The Bertz CT molecular complexity index is 453. The van der Waals surface area contributed by atoms with E-state index in [4.69, 9.17) is 4.74 Å². The summed E-state index contributed by atoms with van der Waals surface area (Å²) in [6, 6.07) is -0.973. The van der Waals surface area contributed by atoms with E-state index in [0.717, 1.165) is 32.1 Å². The molecule has 0 spiro atoms. The Morgan fingerprint density at radius 2 is 1.06 bits per heavy atom. The van der Waals surface area contributed by atoms with Crippen molar-refractivity contribution in [2.24, 2.45) is 0 Å². The molecule has 0 bridgehead atoms. The fraction of sp³-hybridized carbons (Fsp3) is 0.929. The Kier molecular flexibility index (Phi) is 23.2. The average molecular weight is 470 g/mol. The third-order valence-corrected chi connectivity index (χ3v) is 6.30. The van der Waals surface area contributed by atoms with Crippen molar-refractivity contribution in [1.29, 1.82) is 0 Å². The number of aliphatic hydroxyl groups is 1. The third-order valence-electron chi connectivity index (χ3n) is 6.30. The van der Waals surface area contributed by atoms with Crippen molar-refractivity contribution >= 4 is 11.9 Å². The molecule has 0 saturated carbocycles. The van der Waals surface area contributed by atoms with Gasteiger partial charge in [0.1, 0.15) is 0 Å². The van der Waals surface area contributed by atoms with Gasteiger partial charge in [-0.25, -0.2) is 4.79 Å². The van der Waals surface area contributed by atoms with Gasteiger partial charge in [-0.1, -0.05) is 123 Å². The number of ether oxygens (including phenoxy) is 1. The molecule has 0 radical (unpaired) electrons. The molecular weight excluding hydrogens is 414 g/mol. The number of nitrogens with one attached hydrogen (secondary N) is 1. The monoisotopic (exact) mass is 469 g/mol. The summed E-state index contributed by atoms with van der Waals surface area (Å²) in [5, 5.41) is 12.6. The van der Waals surface area contributed by atoms with Crippen LogP contribution in [0.5, 0.6) is 0 Å². The molecule has 0 aromatic carbocycles. The summed E-state index contributed by atoms with van der Waals surface area (Å²) in [7, 11) is 0. The predicted molar refractivity (Wildman–Crippen MR) is 138 cm³/mol. The van der Waals surface area contributed by atoms with Crippen LogP contribution in [0.2, 0.25) is 0 Å². The number of aliphatic hydroxyl groups excluding tert-OH is 1. The molecule has 2 N–H and O–H groups in total. The van der Waals surface area contributed by atoms with Crippen molar-refractivity contribution in [1.82, 2.24) is 5.32 Å². The maximum absolute atomic E-state index is 12.3. The number of hydrogen-bond donors (Lipinski definition) is 2. The number of carbonyl (C=O) groups excluding carboxylic acids is 2. The summed E-state index contributed by atoms with van der Waals surface area (Å²) >= 11 is 0. The first kappa shape index (κ1) is 31.9.